The number of imidazole rings is 1. The number of hydrogen-bond donors (Lipinski definition) is 0. The third-order valence-corrected chi connectivity index (χ3v) is 4.07. The number of benzene rings is 1. The Morgan fingerprint density at radius 3 is 2.27 bits per heavy atom. The zero-order chi connectivity index (χ0) is 16.1. The SMILES string of the molecule is FC(F)(F)c1cc(Cl)c2nc(-c3ccc(Cl)c(Cl)c3)cn2c1. The van der Waals surface area contributed by atoms with Crippen molar-refractivity contribution >= 4 is 40.4 Å². The molecule has 8 heteroatoms. The normalized spacial score (nSPS) is 12.1. The zero-order valence-corrected chi connectivity index (χ0v) is 12.9. The van der Waals surface area contributed by atoms with Gasteiger partial charge in [0.05, 0.1) is 26.3 Å². The van der Waals surface area contributed by atoms with Gasteiger partial charge in [-0.25, -0.2) is 4.98 Å². The lowest BCUT2D eigenvalue weighted by atomic mass is 10.2. The van der Waals surface area contributed by atoms with E-state index < -0.39 is 11.7 Å². The second-order valence-corrected chi connectivity index (χ2v) is 5.78. The van der Waals surface area contributed by atoms with E-state index in [2.05, 4.69) is 4.98 Å². The molecule has 3 aromatic rings. The first kappa shape index (κ1) is 15.5. The number of hydrogen-bond acceptors (Lipinski definition) is 1. The summed E-state index contributed by atoms with van der Waals surface area (Å²) in [5.74, 6) is 0. The number of halogens is 6. The Morgan fingerprint density at radius 2 is 1.64 bits per heavy atom. The molecule has 0 bridgehead atoms. The smallest absolute Gasteiger partial charge is 0.305 e. The molecular weight excluding hydrogens is 360 g/mol. The summed E-state index contributed by atoms with van der Waals surface area (Å²) in [5, 5.41) is 0.631. The van der Waals surface area contributed by atoms with Crippen molar-refractivity contribution in [3.8, 4) is 11.3 Å². The molecule has 114 valence electrons. The van der Waals surface area contributed by atoms with Crippen LogP contribution in [0.5, 0.6) is 0 Å². The van der Waals surface area contributed by atoms with E-state index >= 15 is 0 Å². The predicted molar refractivity (Wildman–Crippen MR) is 80.7 cm³/mol. The van der Waals surface area contributed by atoms with Crippen LogP contribution in [0.1, 0.15) is 5.56 Å². The van der Waals surface area contributed by atoms with Gasteiger partial charge in [0.15, 0.2) is 5.65 Å². The van der Waals surface area contributed by atoms with E-state index in [-0.39, 0.29) is 10.7 Å². The second kappa shape index (κ2) is 5.33. The number of nitrogens with zero attached hydrogens (tertiary/aromatic N) is 2. The van der Waals surface area contributed by atoms with Crippen molar-refractivity contribution in [3.05, 3.63) is 57.3 Å². The molecule has 2 aromatic heterocycles. The summed E-state index contributed by atoms with van der Waals surface area (Å²) in [6.45, 7) is 0. The third kappa shape index (κ3) is 2.76. The highest BCUT2D eigenvalue weighted by Crippen LogP contribution is 2.34. The topological polar surface area (TPSA) is 17.3 Å². The number of rotatable bonds is 1. The molecule has 0 saturated heterocycles. The minimum absolute atomic E-state index is 0.0823. The standard InChI is InChI=1S/C14H6Cl3F3N2/c15-9-2-1-7(3-10(9)16)12-6-22-5-8(14(18,19)20)4-11(17)13(22)21-12/h1-6H. The third-order valence-electron chi connectivity index (χ3n) is 3.05. The second-order valence-electron chi connectivity index (χ2n) is 4.56. The van der Waals surface area contributed by atoms with Gasteiger partial charge < -0.3 is 4.40 Å². The molecule has 0 spiro atoms. The van der Waals surface area contributed by atoms with Crippen LogP contribution in [0.15, 0.2) is 36.7 Å². The molecule has 0 unspecified atom stereocenters. The Labute approximate surface area is 138 Å². The lowest BCUT2D eigenvalue weighted by Gasteiger charge is -2.07. The van der Waals surface area contributed by atoms with Crippen LogP contribution in [0.4, 0.5) is 13.2 Å². The Balaban J connectivity index is 2.17. The van der Waals surface area contributed by atoms with Gasteiger partial charge in [-0.15, -0.1) is 0 Å². The fourth-order valence-corrected chi connectivity index (χ4v) is 2.56. The molecule has 22 heavy (non-hydrogen) atoms. The van der Waals surface area contributed by atoms with E-state index in [0.717, 1.165) is 12.3 Å². The lowest BCUT2D eigenvalue weighted by Crippen LogP contribution is -2.06. The van der Waals surface area contributed by atoms with Crippen LogP contribution >= 0.6 is 34.8 Å². The molecule has 1 aromatic carbocycles. The van der Waals surface area contributed by atoms with Crippen molar-refractivity contribution in [2.45, 2.75) is 6.18 Å². The Morgan fingerprint density at radius 1 is 0.909 bits per heavy atom. The monoisotopic (exact) mass is 364 g/mol. The van der Waals surface area contributed by atoms with E-state index in [1.165, 1.54) is 10.6 Å². The maximum Gasteiger partial charge on any atom is 0.417 e. The first-order valence-corrected chi connectivity index (χ1v) is 7.10. The van der Waals surface area contributed by atoms with Crippen molar-refractivity contribution in [2.24, 2.45) is 0 Å². The molecule has 0 amide bonds. The van der Waals surface area contributed by atoms with E-state index in [0.29, 0.717) is 21.3 Å². The molecular formula is C14H6Cl3F3N2. The van der Waals surface area contributed by atoms with Crippen LogP contribution in [0, 0.1) is 0 Å². The van der Waals surface area contributed by atoms with E-state index in [1.807, 2.05) is 0 Å². The van der Waals surface area contributed by atoms with Crippen molar-refractivity contribution in [2.75, 3.05) is 0 Å². The summed E-state index contributed by atoms with van der Waals surface area (Å²) in [6.07, 6.45) is -2.09. The van der Waals surface area contributed by atoms with Crippen LogP contribution in [0.25, 0.3) is 16.9 Å². The quantitative estimate of drug-likeness (QED) is 0.518. The molecule has 0 radical (unpaired) electrons. The molecule has 2 heterocycles. The minimum Gasteiger partial charge on any atom is -0.305 e. The molecule has 0 N–H and O–H groups in total. The maximum absolute atomic E-state index is 12.8. The summed E-state index contributed by atoms with van der Waals surface area (Å²) in [6, 6.07) is 5.70. The summed E-state index contributed by atoms with van der Waals surface area (Å²) < 4.78 is 39.6. The molecule has 0 atom stereocenters. The molecule has 0 aliphatic rings. The van der Waals surface area contributed by atoms with Gasteiger partial charge in [-0.2, -0.15) is 13.2 Å². The fraction of sp³-hybridized carbons (Fsp3) is 0.0714. The summed E-state index contributed by atoms with van der Waals surface area (Å²) >= 11 is 17.7. The molecule has 0 aliphatic heterocycles. The molecule has 0 fully saturated rings. The van der Waals surface area contributed by atoms with Gasteiger partial charge in [0.2, 0.25) is 0 Å². The highest BCUT2D eigenvalue weighted by Gasteiger charge is 2.31. The summed E-state index contributed by atoms with van der Waals surface area (Å²) in [7, 11) is 0. The average Bonchev–Trinajstić information content (AvgIpc) is 2.85. The van der Waals surface area contributed by atoms with E-state index in [1.54, 1.807) is 18.2 Å². The van der Waals surface area contributed by atoms with Crippen LogP contribution in [0.3, 0.4) is 0 Å². The van der Waals surface area contributed by atoms with E-state index in [4.69, 9.17) is 34.8 Å². The summed E-state index contributed by atoms with van der Waals surface area (Å²) in [5.41, 5.74) is 0.460. The average molecular weight is 366 g/mol. The van der Waals surface area contributed by atoms with Gasteiger partial charge in [-0.1, -0.05) is 40.9 Å². The number of pyridine rings is 1. The van der Waals surface area contributed by atoms with Gasteiger partial charge in [0.25, 0.3) is 0 Å². The molecule has 0 aliphatic carbocycles. The van der Waals surface area contributed by atoms with Gasteiger partial charge in [0, 0.05) is 18.0 Å². The maximum atomic E-state index is 12.8. The lowest BCUT2D eigenvalue weighted by molar-refractivity contribution is -0.137. The van der Waals surface area contributed by atoms with Crippen molar-refractivity contribution < 1.29 is 13.2 Å². The highest BCUT2D eigenvalue weighted by atomic mass is 35.5. The first-order chi connectivity index (χ1) is 10.3. The zero-order valence-electron chi connectivity index (χ0n) is 10.6. The van der Waals surface area contributed by atoms with Gasteiger partial charge in [-0.3, -0.25) is 0 Å². The molecule has 3 rings (SSSR count). The van der Waals surface area contributed by atoms with Crippen LogP contribution < -0.4 is 0 Å². The Kier molecular flexibility index (Phi) is 3.75. The molecule has 0 saturated carbocycles. The summed E-state index contributed by atoms with van der Waals surface area (Å²) in [4.78, 5) is 4.24. The van der Waals surface area contributed by atoms with Crippen molar-refractivity contribution in [3.63, 3.8) is 0 Å². The van der Waals surface area contributed by atoms with Crippen LogP contribution in [-0.4, -0.2) is 9.38 Å². The first-order valence-electron chi connectivity index (χ1n) is 5.96. The van der Waals surface area contributed by atoms with Crippen molar-refractivity contribution in [1.82, 2.24) is 9.38 Å². The fourth-order valence-electron chi connectivity index (χ4n) is 2.01. The number of alkyl halides is 3. The molecule has 2 nitrogen and oxygen atoms in total. The van der Waals surface area contributed by atoms with Gasteiger partial charge in [-0.05, 0) is 18.2 Å². The van der Waals surface area contributed by atoms with Gasteiger partial charge in [0.1, 0.15) is 0 Å². The largest absolute Gasteiger partial charge is 0.417 e. The minimum atomic E-state index is -4.48. The van der Waals surface area contributed by atoms with Crippen LogP contribution in [-0.2, 0) is 6.18 Å². The Hall–Kier alpha value is -1.43. The van der Waals surface area contributed by atoms with Gasteiger partial charge >= 0.3 is 6.18 Å². The highest BCUT2D eigenvalue weighted by molar-refractivity contribution is 6.42. The van der Waals surface area contributed by atoms with Crippen molar-refractivity contribution in [1.29, 1.82) is 0 Å². The van der Waals surface area contributed by atoms with E-state index in [9.17, 15) is 13.2 Å². The predicted octanol–water partition coefficient (Wildman–Crippen LogP) is 5.98. The number of aromatic nitrogens is 2. The Bertz CT molecular complexity index is 872. The van der Waals surface area contributed by atoms with Crippen LogP contribution in [0.2, 0.25) is 15.1 Å². The number of fused-ring (bicyclic) bond motifs is 1.